The molecule has 0 fully saturated rings. The van der Waals surface area contributed by atoms with Gasteiger partial charge in [0.2, 0.25) is 0 Å². The number of hydrogen-bond donors (Lipinski definition) is 1. The zero-order valence-electron chi connectivity index (χ0n) is 12.1. The third-order valence-corrected chi connectivity index (χ3v) is 4.42. The minimum Gasteiger partial charge on any atom is -0.361 e. The Labute approximate surface area is 119 Å². The molecule has 0 saturated carbocycles. The molecule has 0 bridgehead atoms. The van der Waals surface area contributed by atoms with Gasteiger partial charge < -0.3 is 10.2 Å². The van der Waals surface area contributed by atoms with Crippen molar-refractivity contribution < 1.29 is 0 Å². The molecule has 0 aliphatic heterocycles. The van der Waals surface area contributed by atoms with Crippen LogP contribution in [-0.4, -0.2) is 36.1 Å². The molecule has 2 aromatic rings. The molecule has 1 N–H and O–H groups in total. The quantitative estimate of drug-likeness (QED) is 0.781. The molecule has 0 unspecified atom stereocenters. The number of nitrogens with one attached hydrogen (secondary N) is 1. The van der Waals surface area contributed by atoms with E-state index in [1.807, 2.05) is 0 Å². The Kier molecular flexibility index (Phi) is 5.16. The Morgan fingerprint density at radius 3 is 2.74 bits per heavy atom. The Bertz CT molecular complexity index is 517. The fraction of sp³-hybridized carbons (Fsp3) is 0.533. The minimum absolute atomic E-state index is 0.995. The molecule has 104 valence electrons. The maximum Gasteiger partial charge on any atom is 0.183 e. The van der Waals surface area contributed by atoms with Crippen LogP contribution in [0.2, 0.25) is 0 Å². The number of para-hydroxylation sites is 1. The maximum absolute atomic E-state index is 4.66. The summed E-state index contributed by atoms with van der Waals surface area (Å²) in [6.45, 7) is 11.0. The van der Waals surface area contributed by atoms with Crippen LogP contribution in [0.15, 0.2) is 18.2 Å². The van der Waals surface area contributed by atoms with E-state index in [1.54, 1.807) is 11.3 Å². The number of aromatic nitrogens is 1. The Balaban J connectivity index is 1.86. The highest BCUT2D eigenvalue weighted by Gasteiger charge is 2.05. The van der Waals surface area contributed by atoms with E-state index in [2.05, 4.69) is 54.2 Å². The number of anilines is 1. The number of thiazole rings is 1. The summed E-state index contributed by atoms with van der Waals surface area (Å²) in [7, 11) is 0. The Hall–Kier alpha value is -1.13. The average molecular weight is 277 g/mol. The Morgan fingerprint density at radius 1 is 1.26 bits per heavy atom. The molecule has 1 heterocycles. The van der Waals surface area contributed by atoms with Gasteiger partial charge in [0.1, 0.15) is 0 Å². The SMILES string of the molecule is CCN(CC)CCCNc1nc2c(C)cccc2s1. The van der Waals surface area contributed by atoms with E-state index in [-0.39, 0.29) is 0 Å². The highest BCUT2D eigenvalue weighted by molar-refractivity contribution is 7.22. The van der Waals surface area contributed by atoms with E-state index >= 15 is 0 Å². The lowest BCUT2D eigenvalue weighted by atomic mass is 10.2. The van der Waals surface area contributed by atoms with Crippen LogP contribution in [0.3, 0.4) is 0 Å². The third-order valence-electron chi connectivity index (χ3n) is 3.44. The number of nitrogens with zero attached hydrogens (tertiary/aromatic N) is 2. The predicted octanol–water partition coefficient (Wildman–Crippen LogP) is 3.75. The van der Waals surface area contributed by atoms with Gasteiger partial charge in [0, 0.05) is 6.54 Å². The van der Waals surface area contributed by atoms with Crippen LogP contribution < -0.4 is 5.32 Å². The minimum atomic E-state index is 0.995. The third kappa shape index (κ3) is 3.67. The molecule has 19 heavy (non-hydrogen) atoms. The zero-order chi connectivity index (χ0) is 13.7. The van der Waals surface area contributed by atoms with Gasteiger partial charge in [-0.2, -0.15) is 0 Å². The van der Waals surface area contributed by atoms with Crippen molar-refractivity contribution in [2.75, 3.05) is 31.5 Å². The first kappa shape index (κ1) is 14.3. The summed E-state index contributed by atoms with van der Waals surface area (Å²) in [5.41, 5.74) is 2.39. The van der Waals surface area contributed by atoms with Crippen LogP contribution in [0.4, 0.5) is 5.13 Å². The highest BCUT2D eigenvalue weighted by Crippen LogP contribution is 2.27. The van der Waals surface area contributed by atoms with E-state index in [1.165, 1.54) is 10.3 Å². The van der Waals surface area contributed by atoms with E-state index < -0.39 is 0 Å². The van der Waals surface area contributed by atoms with Gasteiger partial charge in [-0.1, -0.05) is 37.3 Å². The van der Waals surface area contributed by atoms with Crippen molar-refractivity contribution in [1.29, 1.82) is 0 Å². The van der Waals surface area contributed by atoms with E-state index in [4.69, 9.17) is 0 Å². The van der Waals surface area contributed by atoms with Gasteiger partial charge in [0.15, 0.2) is 5.13 Å². The first-order chi connectivity index (χ1) is 9.24. The Morgan fingerprint density at radius 2 is 2.05 bits per heavy atom. The lowest BCUT2D eigenvalue weighted by Gasteiger charge is -2.17. The van der Waals surface area contributed by atoms with Crippen molar-refractivity contribution in [2.45, 2.75) is 27.2 Å². The summed E-state index contributed by atoms with van der Waals surface area (Å²) in [6.07, 6.45) is 1.16. The molecule has 4 heteroatoms. The van der Waals surface area contributed by atoms with Gasteiger partial charge in [-0.3, -0.25) is 0 Å². The fourth-order valence-corrected chi connectivity index (χ4v) is 3.17. The second kappa shape index (κ2) is 6.87. The van der Waals surface area contributed by atoms with Crippen LogP contribution in [0.1, 0.15) is 25.8 Å². The second-order valence-corrected chi connectivity index (χ2v) is 5.78. The number of rotatable bonds is 7. The summed E-state index contributed by atoms with van der Waals surface area (Å²) in [5, 5.41) is 4.49. The van der Waals surface area contributed by atoms with Crippen molar-refractivity contribution in [3.8, 4) is 0 Å². The van der Waals surface area contributed by atoms with Gasteiger partial charge >= 0.3 is 0 Å². The van der Waals surface area contributed by atoms with Crippen LogP contribution in [0.5, 0.6) is 0 Å². The monoisotopic (exact) mass is 277 g/mol. The van der Waals surface area contributed by atoms with Crippen molar-refractivity contribution in [2.24, 2.45) is 0 Å². The average Bonchev–Trinajstić information content (AvgIpc) is 2.83. The highest BCUT2D eigenvalue weighted by atomic mass is 32.1. The molecule has 1 aromatic carbocycles. The van der Waals surface area contributed by atoms with Crippen molar-refractivity contribution in [3.63, 3.8) is 0 Å². The standard InChI is InChI=1S/C15H23N3S/c1-4-18(5-2)11-7-10-16-15-17-14-12(3)8-6-9-13(14)19-15/h6,8-9H,4-5,7,10-11H2,1-3H3,(H,16,17). The van der Waals surface area contributed by atoms with Gasteiger partial charge in [-0.25, -0.2) is 4.98 Å². The lowest BCUT2D eigenvalue weighted by Crippen LogP contribution is -2.25. The molecule has 2 rings (SSSR count). The fourth-order valence-electron chi connectivity index (χ4n) is 2.20. The molecule has 1 aromatic heterocycles. The van der Waals surface area contributed by atoms with Crippen molar-refractivity contribution in [1.82, 2.24) is 9.88 Å². The first-order valence-corrected chi connectivity index (χ1v) is 7.88. The molecule has 0 spiro atoms. The number of fused-ring (bicyclic) bond motifs is 1. The molecule has 0 aliphatic rings. The normalized spacial score (nSPS) is 11.4. The summed E-state index contributed by atoms with van der Waals surface area (Å²) < 4.78 is 1.27. The topological polar surface area (TPSA) is 28.2 Å². The molecular formula is C15H23N3S. The van der Waals surface area contributed by atoms with Gasteiger partial charge in [-0.05, 0) is 44.6 Å². The molecule has 3 nitrogen and oxygen atoms in total. The van der Waals surface area contributed by atoms with Crippen molar-refractivity contribution >= 4 is 26.7 Å². The van der Waals surface area contributed by atoms with Crippen LogP contribution >= 0.6 is 11.3 Å². The summed E-state index contributed by atoms with van der Waals surface area (Å²) in [5.74, 6) is 0. The lowest BCUT2D eigenvalue weighted by molar-refractivity contribution is 0.303. The zero-order valence-corrected chi connectivity index (χ0v) is 12.9. The molecule has 0 amide bonds. The van der Waals surface area contributed by atoms with E-state index in [0.717, 1.165) is 43.2 Å². The second-order valence-electron chi connectivity index (χ2n) is 4.75. The van der Waals surface area contributed by atoms with Gasteiger partial charge in [0.25, 0.3) is 0 Å². The number of aryl methyl sites for hydroxylation is 1. The van der Waals surface area contributed by atoms with Gasteiger partial charge in [0.05, 0.1) is 10.2 Å². The predicted molar refractivity (Wildman–Crippen MR) is 85.3 cm³/mol. The molecule has 0 radical (unpaired) electrons. The molecular weight excluding hydrogens is 254 g/mol. The van der Waals surface area contributed by atoms with E-state index in [9.17, 15) is 0 Å². The molecule has 0 aliphatic carbocycles. The summed E-state index contributed by atoms with van der Waals surface area (Å²) >= 11 is 1.75. The first-order valence-electron chi connectivity index (χ1n) is 7.07. The van der Waals surface area contributed by atoms with Crippen LogP contribution in [-0.2, 0) is 0 Å². The number of hydrogen-bond acceptors (Lipinski definition) is 4. The smallest absolute Gasteiger partial charge is 0.183 e. The summed E-state index contributed by atoms with van der Waals surface area (Å²) in [4.78, 5) is 7.11. The largest absolute Gasteiger partial charge is 0.361 e. The van der Waals surface area contributed by atoms with Crippen LogP contribution in [0, 0.1) is 6.92 Å². The summed E-state index contributed by atoms with van der Waals surface area (Å²) in [6, 6.07) is 6.35. The molecule has 0 saturated heterocycles. The van der Waals surface area contributed by atoms with Crippen LogP contribution in [0.25, 0.3) is 10.2 Å². The van der Waals surface area contributed by atoms with Crippen molar-refractivity contribution in [3.05, 3.63) is 23.8 Å². The molecule has 0 atom stereocenters. The van der Waals surface area contributed by atoms with E-state index in [0.29, 0.717) is 0 Å². The van der Waals surface area contributed by atoms with Gasteiger partial charge in [-0.15, -0.1) is 0 Å². The number of benzene rings is 1. The maximum atomic E-state index is 4.66.